The maximum atomic E-state index is 12.8. The van der Waals surface area contributed by atoms with Crippen molar-refractivity contribution in [3.63, 3.8) is 0 Å². The highest BCUT2D eigenvalue weighted by atomic mass is 35.5. The summed E-state index contributed by atoms with van der Waals surface area (Å²) < 4.78 is 0. The van der Waals surface area contributed by atoms with Gasteiger partial charge in [0.1, 0.15) is 5.78 Å². The Hall–Kier alpha value is -0.860. The van der Waals surface area contributed by atoms with Gasteiger partial charge in [-0.25, -0.2) is 0 Å². The van der Waals surface area contributed by atoms with Gasteiger partial charge in [0.15, 0.2) is 0 Å². The second kappa shape index (κ2) is 6.72. The van der Waals surface area contributed by atoms with Crippen LogP contribution in [0.15, 0.2) is 18.2 Å². The lowest BCUT2D eigenvalue weighted by molar-refractivity contribution is -0.125. The quantitative estimate of drug-likeness (QED) is 0.806. The number of likely N-dealkylation sites (tertiary alicyclic amines) is 1. The molecule has 0 N–H and O–H groups in total. The molecule has 0 amide bonds. The van der Waals surface area contributed by atoms with E-state index in [1.807, 2.05) is 19.1 Å². The van der Waals surface area contributed by atoms with Crippen LogP contribution in [0.5, 0.6) is 0 Å². The Bertz CT molecular complexity index is 552. The van der Waals surface area contributed by atoms with Crippen LogP contribution in [0.3, 0.4) is 0 Å². The van der Waals surface area contributed by atoms with Crippen LogP contribution in [0.2, 0.25) is 5.02 Å². The second-order valence-corrected chi connectivity index (χ2v) is 7.91. The fourth-order valence-electron chi connectivity index (χ4n) is 3.56. The number of carbonyl (C=O) groups excluding carboxylic acids is 1. The minimum Gasteiger partial charge on any atom is -0.303 e. The van der Waals surface area contributed by atoms with Crippen molar-refractivity contribution in [3.05, 3.63) is 34.3 Å². The first-order valence-electron chi connectivity index (χ1n) is 8.21. The van der Waals surface area contributed by atoms with Gasteiger partial charge in [0.05, 0.1) is 0 Å². The molecule has 1 aliphatic heterocycles. The van der Waals surface area contributed by atoms with Crippen LogP contribution in [-0.4, -0.2) is 30.3 Å². The van der Waals surface area contributed by atoms with Gasteiger partial charge in [-0.05, 0) is 56.3 Å². The largest absolute Gasteiger partial charge is 0.303 e. The number of benzene rings is 1. The number of hydrogen-bond donors (Lipinski definition) is 0. The third-order valence-electron chi connectivity index (χ3n) is 5.26. The molecule has 1 aliphatic rings. The highest BCUT2D eigenvalue weighted by molar-refractivity contribution is 6.31. The second-order valence-electron chi connectivity index (χ2n) is 7.50. The molecule has 0 radical (unpaired) electrons. The van der Waals surface area contributed by atoms with Gasteiger partial charge >= 0.3 is 0 Å². The normalized spacial score (nSPS) is 23.5. The van der Waals surface area contributed by atoms with E-state index in [0.717, 1.165) is 30.0 Å². The maximum absolute atomic E-state index is 12.8. The number of Topliss-reactive ketones (excluding diaryl/α,β-unsaturated/α-hetero) is 1. The summed E-state index contributed by atoms with van der Waals surface area (Å²) in [5, 5.41) is 0.782. The molecule has 1 fully saturated rings. The molecule has 3 heteroatoms. The molecule has 0 aliphatic carbocycles. The van der Waals surface area contributed by atoms with Crippen molar-refractivity contribution in [1.82, 2.24) is 4.90 Å². The van der Waals surface area contributed by atoms with E-state index >= 15 is 0 Å². The number of rotatable bonds is 4. The molecule has 2 atom stereocenters. The standard InChI is InChI=1S/C19H28ClNO/c1-13-9-10-15(12-21(13)5)18(22)11-19(3,4)16-7-6-8-17(20)14(16)2/h6-8,13,15H,9-12H2,1-5H3/t13-,15?/m1/s1. The minimum absolute atomic E-state index is 0.173. The Kier molecular flexibility index (Phi) is 5.34. The van der Waals surface area contributed by atoms with E-state index in [9.17, 15) is 4.79 Å². The van der Waals surface area contributed by atoms with Crippen LogP contribution in [0.1, 0.15) is 51.2 Å². The van der Waals surface area contributed by atoms with E-state index in [1.165, 1.54) is 5.56 Å². The van der Waals surface area contributed by atoms with Gasteiger partial charge in [0, 0.05) is 29.9 Å². The summed E-state index contributed by atoms with van der Waals surface area (Å²) in [5.74, 6) is 0.572. The highest BCUT2D eigenvalue weighted by Gasteiger charge is 2.33. The Morgan fingerprint density at radius 3 is 2.68 bits per heavy atom. The lowest BCUT2D eigenvalue weighted by atomic mass is 9.75. The third-order valence-corrected chi connectivity index (χ3v) is 5.67. The zero-order valence-corrected chi connectivity index (χ0v) is 15.2. The van der Waals surface area contributed by atoms with Crippen LogP contribution in [0.25, 0.3) is 0 Å². The van der Waals surface area contributed by atoms with E-state index in [1.54, 1.807) is 0 Å². The predicted molar refractivity (Wildman–Crippen MR) is 93.7 cm³/mol. The van der Waals surface area contributed by atoms with Crippen molar-refractivity contribution in [1.29, 1.82) is 0 Å². The molecule has 0 bridgehead atoms. The van der Waals surface area contributed by atoms with E-state index < -0.39 is 0 Å². The highest BCUT2D eigenvalue weighted by Crippen LogP contribution is 2.35. The van der Waals surface area contributed by atoms with Crippen LogP contribution >= 0.6 is 11.6 Å². The lowest BCUT2D eigenvalue weighted by Crippen LogP contribution is -2.42. The van der Waals surface area contributed by atoms with Crippen LogP contribution < -0.4 is 0 Å². The number of hydrogen-bond acceptors (Lipinski definition) is 2. The zero-order valence-electron chi connectivity index (χ0n) is 14.4. The number of halogens is 1. The number of ketones is 1. The Labute approximate surface area is 139 Å². The van der Waals surface area contributed by atoms with Crippen molar-refractivity contribution < 1.29 is 4.79 Å². The van der Waals surface area contributed by atoms with Crippen molar-refractivity contribution >= 4 is 17.4 Å². The van der Waals surface area contributed by atoms with Crippen LogP contribution in [0.4, 0.5) is 0 Å². The average molecular weight is 322 g/mol. The van der Waals surface area contributed by atoms with E-state index in [0.29, 0.717) is 18.2 Å². The predicted octanol–water partition coefficient (Wildman–Crippen LogP) is 4.62. The van der Waals surface area contributed by atoms with E-state index in [-0.39, 0.29) is 11.3 Å². The monoisotopic (exact) mass is 321 g/mol. The summed E-state index contributed by atoms with van der Waals surface area (Å²) in [5.41, 5.74) is 2.11. The molecule has 2 nitrogen and oxygen atoms in total. The number of nitrogens with zero attached hydrogens (tertiary/aromatic N) is 1. The summed E-state index contributed by atoms with van der Waals surface area (Å²) in [6.07, 6.45) is 2.72. The molecule has 1 aromatic rings. The van der Waals surface area contributed by atoms with Gasteiger partial charge in [-0.15, -0.1) is 0 Å². The van der Waals surface area contributed by atoms with E-state index in [2.05, 4.69) is 38.8 Å². The Morgan fingerprint density at radius 2 is 2.05 bits per heavy atom. The molecule has 122 valence electrons. The van der Waals surface area contributed by atoms with Crippen molar-refractivity contribution in [2.45, 2.75) is 58.4 Å². The summed E-state index contributed by atoms with van der Waals surface area (Å²) in [7, 11) is 2.12. The smallest absolute Gasteiger partial charge is 0.138 e. The summed E-state index contributed by atoms with van der Waals surface area (Å²) in [6, 6.07) is 6.58. The van der Waals surface area contributed by atoms with Gasteiger partial charge in [0.2, 0.25) is 0 Å². The fourth-order valence-corrected chi connectivity index (χ4v) is 3.73. The van der Waals surface area contributed by atoms with Crippen molar-refractivity contribution in [2.75, 3.05) is 13.6 Å². The topological polar surface area (TPSA) is 20.3 Å². The van der Waals surface area contributed by atoms with Crippen molar-refractivity contribution in [2.24, 2.45) is 5.92 Å². The van der Waals surface area contributed by atoms with E-state index in [4.69, 9.17) is 11.6 Å². The summed E-state index contributed by atoms with van der Waals surface area (Å²) in [6.45, 7) is 9.47. The number of carbonyl (C=O) groups is 1. The maximum Gasteiger partial charge on any atom is 0.138 e. The molecule has 1 unspecified atom stereocenters. The first kappa shape index (κ1) is 17.5. The molecular weight excluding hydrogens is 294 g/mol. The fraction of sp³-hybridized carbons (Fsp3) is 0.632. The first-order chi connectivity index (χ1) is 10.2. The van der Waals surface area contributed by atoms with Gasteiger partial charge in [-0.1, -0.05) is 37.6 Å². The van der Waals surface area contributed by atoms with Crippen LogP contribution in [-0.2, 0) is 10.2 Å². The van der Waals surface area contributed by atoms with Gasteiger partial charge in [0.25, 0.3) is 0 Å². The minimum atomic E-state index is -0.173. The molecule has 0 saturated carbocycles. The van der Waals surface area contributed by atoms with Gasteiger partial charge < -0.3 is 4.90 Å². The molecule has 1 heterocycles. The van der Waals surface area contributed by atoms with Gasteiger partial charge in [-0.2, -0.15) is 0 Å². The number of piperidine rings is 1. The summed E-state index contributed by atoms with van der Waals surface area (Å²) in [4.78, 5) is 15.1. The molecule has 0 spiro atoms. The molecule has 22 heavy (non-hydrogen) atoms. The molecule has 2 rings (SSSR count). The molecule has 1 aromatic carbocycles. The SMILES string of the molecule is Cc1c(Cl)cccc1C(C)(C)CC(=O)C1CC[C@@H](C)N(C)C1. The lowest BCUT2D eigenvalue weighted by Gasteiger charge is -2.36. The summed E-state index contributed by atoms with van der Waals surface area (Å²) >= 11 is 6.25. The molecule has 1 saturated heterocycles. The first-order valence-corrected chi connectivity index (χ1v) is 8.58. The zero-order chi connectivity index (χ0) is 16.5. The van der Waals surface area contributed by atoms with Gasteiger partial charge in [-0.3, -0.25) is 4.79 Å². The van der Waals surface area contributed by atoms with Crippen molar-refractivity contribution in [3.8, 4) is 0 Å². The Balaban J connectivity index is 2.11. The molecule has 0 aromatic heterocycles. The van der Waals surface area contributed by atoms with Crippen LogP contribution in [0, 0.1) is 12.8 Å². The molecular formula is C19H28ClNO. The Morgan fingerprint density at radius 1 is 1.36 bits per heavy atom. The average Bonchev–Trinajstić information content (AvgIpc) is 2.44. The third kappa shape index (κ3) is 3.72.